The number of aliphatic hydroxyl groups is 1. The number of benzene rings is 1. The van der Waals surface area contributed by atoms with Crippen molar-refractivity contribution in [1.82, 2.24) is 15.6 Å². The fourth-order valence-electron chi connectivity index (χ4n) is 2.75. The number of aryl methyl sites for hydroxylation is 1. The fraction of sp³-hybridized carbons (Fsp3) is 0.412. The van der Waals surface area contributed by atoms with Gasteiger partial charge in [0.25, 0.3) is 5.91 Å². The Morgan fingerprint density at radius 1 is 1.35 bits per heavy atom. The second-order valence-corrected chi connectivity index (χ2v) is 7.10. The zero-order chi connectivity index (χ0) is 17.1. The molecule has 1 saturated heterocycles. The van der Waals surface area contributed by atoms with Gasteiger partial charge >= 0.3 is 0 Å². The van der Waals surface area contributed by atoms with Crippen molar-refractivity contribution >= 4 is 42.1 Å². The minimum absolute atomic E-state index is 0. The maximum absolute atomic E-state index is 13.0. The predicted octanol–water partition coefficient (Wildman–Crippen LogP) is 2.34. The zero-order valence-electron chi connectivity index (χ0n) is 14.2. The number of aromatic nitrogens is 1. The molecule has 2 aromatic rings. The lowest BCUT2D eigenvalue weighted by atomic mass is 10.1. The third-order valence-electron chi connectivity index (χ3n) is 4.14. The number of rotatable bonds is 5. The summed E-state index contributed by atoms with van der Waals surface area (Å²) in [6.45, 7) is 3.53. The smallest absolute Gasteiger partial charge is 0.263 e. The molecule has 1 aromatic heterocycles. The second-order valence-electron chi connectivity index (χ2n) is 6.02. The van der Waals surface area contributed by atoms with Gasteiger partial charge in [0.2, 0.25) is 0 Å². The van der Waals surface area contributed by atoms with E-state index in [-0.39, 0.29) is 42.5 Å². The molecule has 0 radical (unpaired) electrons. The Bertz CT molecular complexity index is 727. The Morgan fingerprint density at radius 2 is 2.04 bits per heavy atom. The van der Waals surface area contributed by atoms with Crippen molar-refractivity contribution in [2.45, 2.75) is 19.4 Å². The molecule has 2 atom stereocenters. The van der Waals surface area contributed by atoms with Gasteiger partial charge in [0.15, 0.2) is 0 Å². The zero-order valence-corrected chi connectivity index (χ0v) is 16.6. The first kappa shape index (κ1) is 22.8. The van der Waals surface area contributed by atoms with E-state index < -0.39 is 6.10 Å². The highest BCUT2D eigenvalue weighted by molar-refractivity contribution is 7.13. The molecule has 0 bridgehead atoms. The summed E-state index contributed by atoms with van der Waals surface area (Å²) in [4.78, 5) is 17.4. The quantitative estimate of drug-likeness (QED) is 0.692. The molecular formula is C17H22Cl2FN3O2S. The minimum atomic E-state index is -0.415. The lowest BCUT2D eigenvalue weighted by Gasteiger charge is -2.13. The third-order valence-corrected chi connectivity index (χ3v) is 5.30. The average molecular weight is 422 g/mol. The predicted molar refractivity (Wildman–Crippen MR) is 105 cm³/mol. The Labute approximate surface area is 168 Å². The number of amides is 1. The SMILES string of the molecule is Cc1nc(Cc2ccc(F)cc2)sc1C(=O)NCC1CNCC1O.Cl.Cl. The molecule has 0 spiro atoms. The molecule has 1 aliphatic rings. The number of carbonyl (C=O) groups is 1. The molecule has 144 valence electrons. The third kappa shape index (κ3) is 5.62. The van der Waals surface area contributed by atoms with Crippen molar-refractivity contribution in [2.24, 2.45) is 5.92 Å². The van der Waals surface area contributed by atoms with Crippen LogP contribution in [0.2, 0.25) is 0 Å². The standard InChI is InChI=1S/C17H20FN3O2S.2ClH/c1-10-16(17(23)20-8-12-7-19-9-14(12)22)24-15(21-10)6-11-2-4-13(18)5-3-11;;/h2-5,12,14,19,22H,6-9H2,1H3,(H,20,23);2*1H. The van der Waals surface area contributed by atoms with E-state index in [1.165, 1.54) is 23.5 Å². The maximum Gasteiger partial charge on any atom is 0.263 e. The maximum atomic E-state index is 13.0. The van der Waals surface area contributed by atoms with Gasteiger partial charge in [-0.1, -0.05) is 12.1 Å². The Kier molecular flexibility index (Phi) is 8.92. The number of hydrogen-bond acceptors (Lipinski definition) is 5. The lowest BCUT2D eigenvalue weighted by molar-refractivity contribution is 0.0930. The van der Waals surface area contributed by atoms with Gasteiger partial charge in [0.1, 0.15) is 10.7 Å². The highest BCUT2D eigenvalue weighted by atomic mass is 35.5. The Hall–Kier alpha value is -1.25. The van der Waals surface area contributed by atoms with Crippen molar-refractivity contribution in [3.05, 3.63) is 51.2 Å². The van der Waals surface area contributed by atoms with Crippen LogP contribution in [0.3, 0.4) is 0 Å². The van der Waals surface area contributed by atoms with E-state index >= 15 is 0 Å². The lowest BCUT2D eigenvalue weighted by Crippen LogP contribution is -2.34. The van der Waals surface area contributed by atoms with Crippen molar-refractivity contribution in [3.8, 4) is 0 Å². The number of nitrogens with zero attached hydrogens (tertiary/aromatic N) is 1. The summed E-state index contributed by atoms with van der Waals surface area (Å²) in [6, 6.07) is 6.29. The number of β-amino-alcohol motifs (C(OH)–C–C–N with tert-alkyl or cyclic N) is 1. The van der Waals surface area contributed by atoms with Gasteiger partial charge in [0, 0.05) is 32.0 Å². The molecule has 1 fully saturated rings. The van der Waals surface area contributed by atoms with Crippen molar-refractivity contribution in [3.63, 3.8) is 0 Å². The van der Waals surface area contributed by atoms with Crippen LogP contribution in [0.15, 0.2) is 24.3 Å². The molecule has 3 rings (SSSR count). The van der Waals surface area contributed by atoms with E-state index in [4.69, 9.17) is 0 Å². The van der Waals surface area contributed by atoms with Crippen LogP contribution in [0.25, 0.3) is 0 Å². The number of halogens is 3. The van der Waals surface area contributed by atoms with Crippen molar-refractivity contribution in [1.29, 1.82) is 0 Å². The highest BCUT2D eigenvalue weighted by Gasteiger charge is 2.25. The number of thiazole rings is 1. The Morgan fingerprint density at radius 3 is 2.65 bits per heavy atom. The van der Waals surface area contributed by atoms with Gasteiger partial charge < -0.3 is 15.7 Å². The molecule has 9 heteroatoms. The van der Waals surface area contributed by atoms with Crippen LogP contribution in [0.4, 0.5) is 4.39 Å². The first-order chi connectivity index (χ1) is 11.5. The molecule has 5 nitrogen and oxygen atoms in total. The summed E-state index contributed by atoms with van der Waals surface area (Å²) in [5.74, 6) is -0.381. The minimum Gasteiger partial charge on any atom is -0.391 e. The summed E-state index contributed by atoms with van der Waals surface area (Å²) < 4.78 is 13.0. The highest BCUT2D eigenvalue weighted by Crippen LogP contribution is 2.21. The van der Waals surface area contributed by atoms with E-state index in [2.05, 4.69) is 15.6 Å². The average Bonchev–Trinajstić information content (AvgIpc) is 3.13. The molecule has 1 aliphatic heterocycles. The van der Waals surface area contributed by atoms with Crippen molar-refractivity contribution < 1.29 is 14.3 Å². The molecule has 3 N–H and O–H groups in total. The summed E-state index contributed by atoms with van der Waals surface area (Å²) in [5.41, 5.74) is 1.65. The Balaban J connectivity index is 0.00000169. The largest absolute Gasteiger partial charge is 0.391 e. The first-order valence-corrected chi connectivity index (χ1v) is 8.72. The van der Waals surface area contributed by atoms with Crippen LogP contribution in [0, 0.1) is 18.7 Å². The van der Waals surface area contributed by atoms with E-state index in [0.29, 0.717) is 36.6 Å². The fourth-order valence-corrected chi connectivity index (χ4v) is 3.76. The van der Waals surface area contributed by atoms with Gasteiger partial charge in [-0.25, -0.2) is 9.37 Å². The summed E-state index contributed by atoms with van der Waals surface area (Å²) in [7, 11) is 0. The monoisotopic (exact) mass is 421 g/mol. The van der Waals surface area contributed by atoms with E-state index in [9.17, 15) is 14.3 Å². The number of nitrogens with one attached hydrogen (secondary N) is 2. The van der Waals surface area contributed by atoms with E-state index in [1.54, 1.807) is 12.1 Å². The van der Waals surface area contributed by atoms with Crippen LogP contribution >= 0.6 is 36.2 Å². The topological polar surface area (TPSA) is 74.2 Å². The molecule has 0 aliphatic carbocycles. The summed E-state index contributed by atoms with van der Waals surface area (Å²) in [6.07, 6.45) is 0.159. The van der Waals surface area contributed by atoms with E-state index in [1.807, 2.05) is 6.92 Å². The van der Waals surface area contributed by atoms with E-state index in [0.717, 1.165) is 10.6 Å². The molecule has 2 unspecified atom stereocenters. The van der Waals surface area contributed by atoms with Crippen LogP contribution in [0.1, 0.15) is 25.9 Å². The first-order valence-electron chi connectivity index (χ1n) is 7.90. The molecular weight excluding hydrogens is 400 g/mol. The van der Waals surface area contributed by atoms with Gasteiger partial charge in [-0.05, 0) is 24.6 Å². The molecule has 0 saturated carbocycles. The summed E-state index contributed by atoms with van der Waals surface area (Å²) >= 11 is 1.35. The number of carbonyl (C=O) groups excluding carboxylic acids is 1. The number of aliphatic hydroxyl groups excluding tert-OH is 1. The van der Waals surface area contributed by atoms with Crippen LogP contribution < -0.4 is 10.6 Å². The number of hydrogen-bond donors (Lipinski definition) is 3. The second kappa shape index (κ2) is 10.2. The van der Waals surface area contributed by atoms with Crippen molar-refractivity contribution in [2.75, 3.05) is 19.6 Å². The molecule has 26 heavy (non-hydrogen) atoms. The molecule has 1 aromatic carbocycles. The molecule has 1 amide bonds. The van der Waals surface area contributed by atoms with Crippen LogP contribution in [0.5, 0.6) is 0 Å². The van der Waals surface area contributed by atoms with Crippen LogP contribution in [-0.2, 0) is 6.42 Å². The van der Waals surface area contributed by atoms with Gasteiger partial charge in [-0.2, -0.15) is 0 Å². The normalized spacial score (nSPS) is 18.7. The molecule has 2 heterocycles. The summed E-state index contributed by atoms with van der Waals surface area (Å²) in [5, 5.41) is 16.6. The van der Waals surface area contributed by atoms with Gasteiger partial charge in [-0.15, -0.1) is 36.2 Å². The van der Waals surface area contributed by atoms with Crippen LogP contribution in [-0.4, -0.2) is 41.7 Å². The van der Waals surface area contributed by atoms with Gasteiger partial charge in [0.05, 0.1) is 16.8 Å². The van der Waals surface area contributed by atoms with Gasteiger partial charge in [-0.3, -0.25) is 4.79 Å².